The maximum absolute atomic E-state index is 5.02. The minimum absolute atomic E-state index is 0.640. The molecule has 0 fully saturated rings. The maximum Gasteiger partial charge on any atom is 0.164 e. The molecule has 8 aromatic carbocycles. The van der Waals surface area contributed by atoms with E-state index >= 15 is 0 Å². The molecule has 0 aliphatic rings. The Balaban J connectivity index is 1.05. The van der Waals surface area contributed by atoms with Crippen LogP contribution in [0.2, 0.25) is 0 Å². The summed E-state index contributed by atoms with van der Waals surface area (Å²) < 4.78 is 5.30. The Morgan fingerprint density at radius 1 is 0.232 bits per heavy atom. The smallest absolute Gasteiger partial charge is 0.164 e. The molecule has 0 bridgehead atoms. The molecule has 0 atom stereocenters. The van der Waals surface area contributed by atoms with Gasteiger partial charge in [-0.05, 0) is 88.0 Å². The molecule has 262 valence electrons. The van der Waals surface area contributed by atoms with Gasteiger partial charge in [0.15, 0.2) is 17.5 Å². The van der Waals surface area contributed by atoms with Crippen molar-refractivity contribution < 1.29 is 0 Å². The quantitative estimate of drug-likeness (QED) is 0.170. The van der Waals surface area contributed by atoms with Gasteiger partial charge in [-0.3, -0.25) is 0 Å². The zero-order chi connectivity index (χ0) is 37.0. The Labute approximate surface area is 331 Å². The molecule has 0 saturated carbocycles. The lowest BCUT2D eigenvalue weighted by Gasteiger charge is -2.13. The SMILES string of the molecule is c1ccc(-c2cc(-c3cccc(-c4nc(-c5ccccc5)nc(-c5ccccc5)n4)c3)cc(-c3ccc4sc5cc6c(cc5c4c3)sc3ccccc36)c2)cc1. The normalized spacial score (nSPS) is 11.6. The van der Waals surface area contributed by atoms with Crippen molar-refractivity contribution in [2.24, 2.45) is 0 Å². The first-order chi connectivity index (χ1) is 27.7. The van der Waals surface area contributed by atoms with Crippen LogP contribution in [0.15, 0.2) is 188 Å². The van der Waals surface area contributed by atoms with Crippen LogP contribution in [0.25, 0.3) is 108 Å². The Bertz CT molecular complexity index is 3180. The fourth-order valence-electron chi connectivity index (χ4n) is 7.71. The predicted octanol–water partition coefficient (Wildman–Crippen LogP) is 14.6. The Kier molecular flexibility index (Phi) is 7.87. The predicted molar refractivity (Wildman–Crippen MR) is 238 cm³/mol. The first-order valence-electron chi connectivity index (χ1n) is 18.7. The van der Waals surface area contributed by atoms with E-state index in [1.165, 1.54) is 62.6 Å². The Hall–Kier alpha value is -6.79. The van der Waals surface area contributed by atoms with E-state index in [-0.39, 0.29) is 0 Å². The maximum atomic E-state index is 5.02. The standard InChI is InChI=1S/C51H31N3S2/c1-4-13-32(14-5-1)38-26-39(35-19-12-20-37(25-35)51-53-49(33-15-6-2-7-16-33)52-50(54-51)34-17-8-3-9-18-34)28-40(27-38)36-23-24-46-42(29-36)44-31-47-43(30-48(44)56-46)41-21-10-11-22-45(41)55-47/h1-31H. The van der Waals surface area contributed by atoms with E-state index in [9.17, 15) is 0 Å². The van der Waals surface area contributed by atoms with Gasteiger partial charge in [-0.25, -0.2) is 15.0 Å². The van der Waals surface area contributed by atoms with Gasteiger partial charge >= 0.3 is 0 Å². The summed E-state index contributed by atoms with van der Waals surface area (Å²) in [4.78, 5) is 15.0. The van der Waals surface area contributed by atoms with Crippen molar-refractivity contribution in [2.75, 3.05) is 0 Å². The van der Waals surface area contributed by atoms with E-state index in [1.54, 1.807) is 0 Å². The molecule has 0 radical (unpaired) electrons. The zero-order valence-electron chi connectivity index (χ0n) is 30.1. The highest BCUT2D eigenvalue weighted by molar-refractivity contribution is 7.27. The number of thiophene rings is 2. The van der Waals surface area contributed by atoms with Gasteiger partial charge in [-0.1, -0.05) is 133 Å². The van der Waals surface area contributed by atoms with Crippen LogP contribution in [0.1, 0.15) is 0 Å². The van der Waals surface area contributed by atoms with Gasteiger partial charge in [0.1, 0.15) is 0 Å². The fourth-order valence-corrected chi connectivity index (χ4v) is 9.94. The molecular formula is C51H31N3S2. The summed E-state index contributed by atoms with van der Waals surface area (Å²) >= 11 is 3.76. The molecule has 3 nitrogen and oxygen atoms in total. The van der Waals surface area contributed by atoms with Crippen LogP contribution in [0.4, 0.5) is 0 Å². The summed E-state index contributed by atoms with van der Waals surface area (Å²) in [5.41, 5.74) is 9.79. The summed E-state index contributed by atoms with van der Waals surface area (Å²) in [5, 5.41) is 5.30. The lowest BCUT2D eigenvalue weighted by molar-refractivity contribution is 1.07. The molecule has 0 spiro atoms. The largest absolute Gasteiger partial charge is 0.208 e. The first kappa shape index (κ1) is 32.6. The van der Waals surface area contributed by atoms with Crippen molar-refractivity contribution in [3.63, 3.8) is 0 Å². The van der Waals surface area contributed by atoms with Crippen molar-refractivity contribution in [1.82, 2.24) is 15.0 Å². The lowest BCUT2D eigenvalue weighted by Crippen LogP contribution is -2.00. The average Bonchev–Trinajstić information content (AvgIpc) is 3.83. The van der Waals surface area contributed by atoms with Crippen molar-refractivity contribution in [3.8, 4) is 67.5 Å². The Morgan fingerprint density at radius 2 is 0.643 bits per heavy atom. The molecule has 0 saturated heterocycles. The number of aromatic nitrogens is 3. The molecule has 0 N–H and O–H groups in total. The number of rotatable bonds is 6. The zero-order valence-corrected chi connectivity index (χ0v) is 31.7. The van der Waals surface area contributed by atoms with Gasteiger partial charge in [0, 0.05) is 57.0 Å². The van der Waals surface area contributed by atoms with Crippen LogP contribution in [0.5, 0.6) is 0 Å². The molecule has 3 heterocycles. The van der Waals surface area contributed by atoms with E-state index in [1.807, 2.05) is 83.3 Å². The van der Waals surface area contributed by atoms with E-state index in [2.05, 4.69) is 127 Å². The number of benzene rings is 8. The number of hydrogen-bond acceptors (Lipinski definition) is 5. The fraction of sp³-hybridized carbons (Fsp3) is 0. The van der Waals surface area contributed by atoms with Gasteiger partial charge in [0.05, 0.1) is 0 Å². The molecule has 0 aliphatic heterocycles. The molecule has 3 aromatic heterocycles. The van der Waals surface area contributed by atoms with Gasteiger partial charge in [0.25, 0.3) is 0 Å². The minimum atomic E-state index is 0.640. The van der Waals surface area contributed by atoms with E-state index < -0.39 is 0 Å². The van der Waals surface area contributed by atoms with Gasteiger partial charge < -0.3 is 0 Å². The van der Waals surface area contributed by atoms with Crippen molar-refractivity contribution in [2.45, 2.75) is 0 Å². The molecule has 11 aromatic rings. The van der Waals surface area contributed by atoms with Gasteiger partial charge in [-0.15, -0.1) is 22.7 Å². The topological polar surface area (TPSA) is 38.7 Å². The highest BCUT2D eigenvalue weighted by Gasteiger charge is 2.16. The van der Waals surface area contributed by atoms with Crippen molar-refractivity contribution in [3.05, 3.63) is 188 Å². The summed E-state index contributed by atoms with van der Waals surface area (Å²) in [6.45, 7) is 0. The second kappa shape index (κ2) is 13.5. The molecule has 56 heavy (non-hydrogen) atoms. The van der Waals surface area contributed by atoms with Crippen LogP contribution >= 0.6 is 22.7 Å². The van der Waals surface area contributed by atoms with E-state index in [0.29, 0.717) is 17.5 Å². The second-order valence-electron chi connectivity index (χ2n) is 14.0. The molecule has 0 amide bonds. The number of fused-ring (bicyclic) bond motifs is 6. The second-order valence-corrected chi connectivity index (χ2v) is 16.2. The highest BCUT2D eigenvalue weighted by atomic mass is 32.1. The van der Waals surface area contributed by atoms with Crippen LogP contribution in [0, 0.1) is 0 Å². The summed E-state index contributed by atoms with van der Waals surface area (Å²) in [7, 11) is 0. The van der Waals surface area contributed by atoms with Gasteiger partial charge in [-0.2, -0.15) is 0 Å². The van der Waals surface area contributed by atoms with E-state index in [0.717, 1.165) is 27.8 Å². The molecule has 0 unspecified atom stereocenters. The summed E-state index contributed by atoms with van der Waals surface area (Å²) in [6.07, 6.45) is 0. The van der Waals surface area contributed by atoms with Crippen molar-refractivity contribution in [1.29, 1.82) is 0 Å². The first-order valence-corrected chi connectivity index (χ1v) is 20.3. The molecular weight excluding hydrogens is 719 g/mol. The summed E-state index contributed by atoms with van der Waals surface area (Å²) in [6, 6.07) is 67.0. The average molecular weight is 750 g/mol. The molecule has 0 aliphatic carbocycles. The number of nitrogens with zero attached hydrogens (tertiary/aromatic N) is 3. The van der Waals surface area contributed by atoms with Crippen LogP contribution in [-0.4, -0.2) is 15.0 Å². The van der Waals surface area contributed by atoms with Crippen molar-refractivity contribution >= 4 is 63.0 Å². The summed E-state index contributed by atoms with van der Waals surface area (Å²) in [5.74, 6) is 1.94. The van der Waals surface area contributed by atoms with Crippen LogP contribution in [0.3, 0.4) is 0 Å². The third kappa shape index (κ3) is 5.86. The van der Waals surface area contributed by atoms with Gasteiger partial charge in [0.2, 0.25) is 0 Å². The third-order valence-electron chi connectivity index (χ3n) is 10.5. The van der Waals surface area contributed by atoms with E-state index in [4.69, 9.17) is 15.0 Å². The molecule has 11 rings (SSSR count). The van der Waals surface area contributed by atoms with Crippen LogP contribution < -0.4 is 0 Å². The van der Waals surface area contributed by atoms with Crippen LogP contribution in [-0.2, 0) is 0 Å². The lowest BCUT2D eigenvalue weighted by atomic mass is 9.92. The molecule has 5 heteroatoms. The minimum Gasteiger partial charge on any atom is -0.208 e. The highest BCUT2D eigenvalue weighted by Crippen LogP contribution is 2.43. The Morgan fingerprint density at radius 3 is 1.27 bits per heavy atom. The third-order valence-corrected chi connectivity index (χ3v) is 12.8. The monoisotopic (exact) mass is 749 g/mol. The number of hydrogen-bond donors (Lipinski definition) is 0.